The molecule has 2 N–H and O–H groups in total. The molecular weight excluding hydrogens is 473 g/mol. The Morgan fingerprint density at radius 1 is 1.16 bits per heavy atom. The van der Waals surface area contributed by atoms with Crippen molar-refractivity contribution in [1.82, 2.24) is 19.5 Å². The molecule has 2 aromatic carbocycles. The van der Waals surface area contributed by atoms with Crippen LogP contribution in [0.1, 0.15) is 0 Å². The van der Waals surface area contributed by atoms with Crippen LogP contribution >= 0.6 is 0 Å². The number of amides is 1. The van der Waals surface area contributed by atoms with E-state index in [-0.39, 0.29) is 11.7 Å². The molecule has 0 unspecified atom stereocenters. The van der Waals surface area contributed by atoms with E-state index < -0.39 is 0 Å². The lowest BCUT2D eigenvalue weighted by Gasteiger charge is -2.26. The molecule has 0 aliphatic carbocycles. The maximum Gasteiger partial charge on any atom is 0.247 e. The van der Waals surface area contributed by atoms with E-state index in [0.717, 1.165) is 29.9 Å². The van der Waals surface area contributed by atoms with E-state index >= 15 is 0 Å². The highest BCUT2D eigenvalue weighted by atomic mass is 19.1. The van der Waals surface area contributed by atoms with Gasteiger partial charge in [-0.3, -0.25) is 4.79 Å². The highest BCUT2D eigenvalue weighted by Crippen LogP contribution is 2.38. The van der Waals surface area contributed by atoms with Crippen LogP contribution in [0.25, 0.3) is 16.6 Å². The monoisotopic (exact) mass is 503 g/mol. The van der Waals surface area contributed by atoms with Crippen LogP contribution in [0, 0.1) is 5.82 Å². The van der Waals surface area contributed by atoms with Crippen LogP contribution in [-0.2, 0) is 4.79 Å². The van der Waals surface area contributed by atoms with Crippen molar-refractivity contribution in [2.75, 3.05) is 56.9 Å². The minimum absolute atomic E-state index is 0.321. The van der Waals surface area contributed by atoms with Gasteiger partial charge < -0.3 is 25.2 Å². The number of halogens is 1. The Labute approximate surface area is 215 Å². The first-order valence-corrected chi connectivity index (χ1v) is 11.7. The Hall–Kier alpha value is -4.44. The topological polar surface area (TPSA) is 87.0 Å². The van der Waals surface area contributed by atoms with Gasteiger partial charge in [-0.1, -0.05) is 18.7 Å². The number of nitrogens with one attached hydrogen (secondary N) is 2. The number of likely N-dealkylation sites (N-methyl/N-ethyl adjacent to an activating group) is 2. The third-order valence-corrected chi connectivity index (χ3v) is 5.87. The molecule has 37 heavy (non-hydrogen) atoms. The van der Waals surface area contributed by atoms with Crippen LogP contribution in [0.3, 0.4) is 0 Å². The fraction of sp³-hybridized carbons (Fsp3) is 0.222. The summed E-state index contributed by atoms with van der Waals surface area (Å²) in [6, 6.07) is 11.9. The predicted molar refractivity (Wildman–Crippen MR) is 145 cm³/mol. The molecule has 4 aromatic rings. The maximum absolute atomic E-state index is 13.8. The number of benzene rings is 2. The van der Waals surface area contributed by atoms with Crippen LogP contribution in [0.2, 0.25) is 0 Å². The van der Waals surface area contributed by atoms with E-state index in [1.807, 2.05) is 44.2 Å². The molecule has 0 spiro atoms. The van der Waals surface area contributed by atoms with Crippen molar-refractivity contribution in [2.24, 2.45) is 0 Å². The van der Waals surface area contributed by atoms with E-state index in [2.05, 4.69) is 32.2 Å². The predicted octanol–water partition coefficient (Wildman–Crippen LogP) is 4.41. The van der Waals surface area contributed by atoms with Crippen LogP contribution in [0.15, 0.2) is 67.6 Å². The van der Waals surface area contributed by atoms with Gasteiger partial charge in [-0.25, -0.2) is 13.9 Å². The molecule has 0 bridgehead atoms. The minimum Gasteiger partial charge on any atom is -0.494 e. The molecule has 2 aromatic heterocycles. The highest BCUT2D eigenvalue weighted by Gasteiger charge is 2.17. The van der Waals surface area contributed by atoms with Gasteiger partial charge in [0.2, 0.25) is 5.91 Å². The third kappa shape index (κ3) is 5.87. The van der Waals surface area contributed by atoms with Crippen molar-refractivity contribution in [1.29, 1.82) is 0 Å². The van der Waals surface area contributed by atoms with Crippen molar-refractivity contribution in [3.05, 3.63) is 73.5 Å². The average Bonchev–Trinajstić information content (AvgIpc) is 3.30. The number of nitrogens with zero attached hydrogens (tertiary/aromatic N) is 5. The second kappa shape index (κ2) is 11.1. The smallest absolute Gasteiger partial charge is 0.247 e. The van der Waals surface area contributed by atoms with Gasteiger partial charge in [-0.2, -0.15) is 5.10 Å². The molecular formula is C27H30FN7O2. The molecule has 1 amide bonds. The maximum atomic E-state index is 13.8. The molecule has 0 aliphatic rings. The zero-order valence-electron chi connectivity index (χ0n) is 21.3. The summed E-state index contributed by atoms with van der Waals surface area (Å²) in [5.41, 5.74) is 4.24. The van der Waals surface area contributed by atoms with Gasteiger partial charge in [0, 0.05) is 37.8 Å². The Balaban J connectivity index is 1.72. The number of ether oxygens (including phenoxy) is 1. The Morgan fingerprint density at radius 3 is 2.68 bits per heavy atom. The molecule has 0 saturated heterocycles. The number of anilines is 4. The molecule has 4 rings (SSSR count). The summed E-state index contributed by atoms with van der Waals surface area (Å²) in [6.45, 7) is 5.13. The van der Waals surface area contributed by atoms with E-state index in [1.165, 1.54) is 18.2 Å². The van der Waals surface area contributed by atoms with Gasteiger partial charge in [0.1, 0.15) is 23.7 Å². The highest BCUT2D eigenvalue weighted by molar-refractivity contribution is 6.02. The van der Waals surface area contributed by atoms with Crippen molar-refractivity contribution in [3.8, 4) is 16.9 Å². The van der Waals surface area contributed by atoms with Gasteiger partial charge in [-0.15, -0.1) is 0 Å². The number of hydrogen-bond acceptors (Lipinski definition) is 7. The van der Waals surface area contributed by atoms with E-state index in [1.54, 1.807) is 36.3 Å². The lowest BCUT2D eigenvalue weighted by molar-refractivity contribution is -0.111. The zero-order chi connectivity index (χ0) is 26.5. The Kier molecular flexibility index (Phi) is 7.69. The Bertz CT molecular complexity index is 1430. The number of carbonyl (C=O) groups is 1. The second-order valence-electron chi connectivity index (χ2n) is 8.79. The van der Waals surface area contributed by atoms with Crippen LogP contribution in [0.5, 0.6) is 5.75 Å². The standard InChI is InChI=1S/C27H30FN7O2/c1-6-27(36)32-21-13-22(25(37-5)14-24(21)34(4)11-10-33(2)3)31-26-15-23-20(16-30-35(23)17-29-26)18-8-7-9-19(28)12-18/h6-9,12-17,31H,1,10-11H2,2-5H3,(H,32,36). The van der Waals surface area contributed by atoms with Gasteiger partial charge in [0.25, 0.3) is 0 Å². The summed E-state index contributed by atoms with van der Waals surface area (Å²) >= 11 is 0. The number of aromatic nitrogens is 3. The molecule has 0 radical (unpaired) electrons. The SMILES string of the molecule is C=CC(=O)Nc1cc(Nc2cc3c(-c4cccc(F)c4)cnn3cn2)c(OC)cc1N(C)CCN(C)C. The summed E-state index contributed by atoms with van der Waals surface area (Å²) in [4.78, 5) is 20.8. The molecule has 0 aliphatic heterocycles. The summed E-state index contributed by atoms with van der Waals surface area (Å²) < 4.78 is 21.1. The number of methoxy groups -OCH3 is 1. The van der Waals surface area contributed by atoms with Gasteiger partial charge in [-0.05, 0) is 43.9 Å². The fourth-order valence-corrected chi connectivity index (χ4v) is 3.88. The number of fused-ring (bicyclic) bond motifs is 1. The fourth-order valence-electron chi connectivity index (χ4n) is 3.88. The van der Waals surface area contributed by atoms with Crippen molar-refractivity contribution >= 4 is 34.3 Å². The van der Waals surface area contributed by atoms with Gasteiger partial charge in [0.15, 0.2) is 0 Å². The lowest BCUT2D eigenvalue weighted by atomic mass is 10.1. The number of rotatable bonds is 10. The van der Waals surface area contributed by atoms with Crippen LogP contribution in [0.4, 0.5) is 27.3 Å². The molecule has 10 heteroatoms. The average molecular weight is 504 g/mol. The van der Waals surface area contributed by atoms with Crippen molar-refractivity contribution in [2.45, 2.75) is 0 Å². The van der Waals surface area contributed by atoms with Crippen LogP contribution < -0.4 is 20.3 Å². The first-order chi connectivity index (χ1) is 17.8. The third-order valence-electron chi connectivity index (χ3n) is 5.87. The van der Waals surface area contributed by atoms with E-state index in [0.29, 0.717) is 28.5 Å². The first-order valence-electron chi connectivity index (χ1n) is 11.7. The molecule has 192 valence electrons. The lowest BCUT2D eigenvalue weighted by Crippen LogP contribution is -2.29. The Morgan fingerprint density at radius 2 is 1.97 bits per heavy atom. The molecule has 0 saturated carbocycles. The number of carbonyl (C=O) groups excluding carboxylic acids is 1. The largest absolute Gasteiger partial charge is 0.494 e. The normalized spacial score (nSPS) is 11.0. The number of hydrogen-bond donors (Lipinski definition) is 2. The van der Waals surface area contributed by atoms with Gasteiger partial charge in [0.05, 0.1) is 35.9 Å². The quantitative estimate of drug-likeness (QED) is 0.310. The van der Waals surface area contributed by atoms with E-state index in [4.69, 9.17) is 4.74 Å². The van der Waals surface area contributed by atoms with Crippen LogP contribution in [-0.4, -0.2) is 66.7 Å². The molecule has 9 nitrogen and oxygen atoms in total. The molecule has 0 atom stereocenters. The summed E-state index contributed by atoms with van der Waals surface area (Å²) in [5.74, 6) is 0.457. The first kappa shape index (κ1) is 25.6. The van der Waals surface area contributed by atoms with E-state index in [9.17, 15) is 9.18 Å². The van der Waals surface area contributed by atoms with Gasteiger partial charge >= 0.3 is 0 Å². The van der Waals surface area contributed by atoms with Crippen molar-refractivity contribution in [3.63, 3.8) is 0 Å². The minimum atomic E-state index is -0.322. The molecule has 0 fully saturated rings. The zero-order valence-corrected chi connectivity index (χ0v) is 21.3. The summed E-state index contributed by atoms with van der Waals surface area (Å²) in [5, 5.41) is 10.5. The van der Waals surface area contributed by atoms with Crippen molar-refractivity contribution < 1.29 is 13.9 Å². The second-order valence-corrected chi connectivity index (χ2v) is 8.79. The summed E-state index contributed by atoms with van der Waals surface area (Å²) in [7, 11) is 7.55. The molecule has 2 heterocycles. The summed E-state index contributed by atoms with van der Waals surface area (Å²) in [6.07, 6.45) is 4.48.